The predicted octanol–water partition coefficient (Wildman–Crippen LogP) is 19.5. The van der Waals surface area contributed by atoms with Gasteiger partial charge in [0, 0.05) is 19.4 Å². The molecule has 0 saturated heterocycles. The maximum absolute atomic E-state index is 12.8. The molecule has 0 aromatic rings. The highest BCUT2D eigenvalue weighted by molar-refractivity contribution is 5.70. The fourth-order valence-corrected chi connectivity index (χ4v) is 6.93. The van der Waals surface area contributed by atoms with Crippen LogP contribution in [0.1, 0.15) is 213 Å². The molecular weight excluding hydrogens is 861 g/mol. The van der Waals surface area contributed by atoms with Crippen molar-refractivity contribution in [1.29, 1.82) is 0 Å². The van der Waals surface area contributed by atoms with Gasteiger partial charge < -0.3 is 14.2 Å². The summed E-state index contributed by atoms with van der Waals surface area (Å²) in [6, 6.07) is 0. The monoisotopic (exact) mass is 963 g/mol. The highest BCUT2D eigenvalue weighted by Gasteiger charge is 2.17. The Labute approximate surface area is 431 Å². The third-order valence-electron chi connectivity index (χ3n) is 11.0. The van der Waals surface area contributed by atoms with Gasteiger partial charge in [0.2, 0.25) is 0 Å². The Morgan fingerprint density at radius 2 is 0.643 bits per heavy atom. The second kappa shape index (κ2) is 58.8. The van der Waals surface area contributed by atoms with Crippen LogP contribution in [0.5, 0.6) is 0 Å². The van der Waals surface area contributed by atoms with Crippen molar-refractivity contribution in [3.05, 3.63) is 158 Å². The summed E-state index contributed by atoms with van der Waals surface area (Å²) in [4.78, 5) is 25.5. The lowest BCUT2D eigenvalue weighted by atomic mass is 10.1. The first kappa shape index (κ1) is 65.5. The Morgan fingerprint density at radius 1 is 0.329 bits per heavy atom. The number of allylic oxidation sites excluding steroid dienone is 26. The molecule has 0 bridgehead atoms. The number of rotatable bonds is 49. The SMILES string of the molecule is CC/C=C\C/C=C\C/C=C\C/C=C\C/C=C\C/C=C\CCCOCC(COC(=O)CCCCCCCC/C=C\C/C=C\C/C=C\CCCCC)OC(=O)CCCC/C=C\C/C=C\C/C=C\C/C=C\CC. The van der Waals surface area contributed by atoms with Crippen LogP contribution >= 0.6 is 0 Å². The van der Waals surface area contributed by atoms with E-state index < -0.39 is 6.10 Å². The fourth-order valence-electron chi connectivity index (χ4n) is 6.93. The first-order chi connectivity index (χ1) is 34.6. The van der Waals surface area contributed by atoms with Gasteiger partial charge in [0.25, 0.3) is 0 Å². The van der Waals surface area contributed by atoms with Crippen LogP contribution in [0.3, 0.4) is 0 Å². The van der Waals surface area contributed by atoms with Crippen LogP contribution in [0.15, 0.2) is 158 Å². The molecule has 0 spiro atoms. The minimum Gasteiger partial charge on any atom is -0.462 e. The standard InChI is InChI=1S/C65H102O5/c1-4-7-10-13-16-19-22-25-28-30-32-34-36-39-42-45-48-51-54-57-60-68-61-63(70-65(67)59-56-53-50-47-44-41-37-27-24-21-18-15-12-9-6-3)62-69-64(66)58-55-52-49-46-43-40-38-35-33-31-29-26-23-20-17-14-11-8-5-2/h7,9-10,12,16-21,25-29,32-35,37,39,42,44,47-48,51,63H,4-6,8,11,13-15,22-24,30-31,36,38,40-41,43,45-46,49-50,52-62H2,1-3H3/b10-7-,12-9-,19-16-,20-17-,21-18-,28-25-,29-26-,34-32-,35-33-,37-27-,42-39-,47-44-,51-48-. The van der Waals surface area contributed by atoms with E-state index >= 15 is 0 Å². The van der Waals surface area contributed by atoms with E-state index in [1.807, 2.05) is 0 Å². The summed E-state index contributed by atoms with van der Waals surface area (Å²) in [6.07, 6.45) is 87.0. The van der Waals surface area contributed by atoms with Crippen LogP contribution in [0.25, 0.3) is 0 Å². The number of carbonyl (C=O) groups is 2. The van der Waals surface area contributed by atoms with E-state index in [1.165, 1.54) is 44.9 Å². The van der Waals surface area contributed by atoms with Gasteiger partial charge in [0.15, 0.2) is 6.10 Å². The second-order valence-corrected chi connectivity index (χ2v) is 17.7. The van der Waals surface area contributed by atoms with E-state index in [4.69, 9.17) is 14.2 Å². The molecule has 0 fully saturated rings. The second-order valence-electron chi connectivity index (χ2n) is 17.7. The number of hydrogen-bond donors (Lipinski definition) is 0. The van der Waals surface area contributed by atoms with E-state index in [-0.39, 0.29) is 25.2 Å². The highest BCUT2D eigenvalue weighted by atomic mass is 16.6. The summed E-state index contributed by atoms with van der Waals surface area (Å²) < 4.78 is 17.3. The van der Waals surface area contributed by atoms with E-state index in [9.17, 15) is 9.59 Å². The zero-order valence-electron chi connectivity index (χ0n) is 45.0. The summed E-state index contributed by atoms with van der Waals surface area (Å²) in [5.74, 6) is -0.504. The number of unbranched alkanes of at least 4 members (excludes halogenated alkanes) is 12. The molecule has 0 N–H and O–H groups in total. The average molecular weight is 964 g/mol. The van der Waals surface area contributed by atoms with Crippen molar-refractivity contribution < 1.29 is 23.8 Å². The molecule has 1 atom stereocenters. The molecule has 0 saturated carbocycles. The molecule has 0 radical (unpaired) electrons. The van der Waals surface area contributed by atoms with Gasteiger partial charge in [-0.2, -0.15) is 0 Å². The maximum Gasteiger partial charge on any atom is 0.306 e. The smallest absolute Gasteiger partial charge is 0.306 e. The summed E-state index contributed by atoms with van der Waals surface area (Å²) >= 11 is 0. The molecule has 0 aliphatic carbocycles. The third kappa shape index (κ3) is 56.1. The Balaban J connectivity index is 4.50. The predicted molar refractivity (Wildman–Crippen MR) is 306 cm³/mol. The Bertz CT molecular complexity index is 1560. The van der Waals surface area contributed by atoms with Gasteiger partial charge in [-0.25, -0.2) is 0 Å². The molecule has 70 heavy (non-hydrogen) atoms. The van der Waals surface area contributed by atoms with Crippen molar-refractivity contribution in [3.63, 3.8) is 0 Å². The minimum absolute atomic E-state index is 0.0269. The molecular formula is C65H102O5. The lowest BCUT2D eigenvalue weighted by Gasteiger charge is -2.18. The van der Waals surface area contributed by atoms with Crippen LogP contribution < -0.4 is 0 Å². The molecule has 392 valence electrons. The van der Waals surface area contributed by atoms with Crippen molar-refractivity contribution in [1.82, 2.24) is 0 Å². The van der Waals surface area contributed by atoms with Gasteiger partial charge in [0.05, 0.1) is 6.61 Å². The van der Waals surface area contributed by atoms with Gasteiger partial charge in [-0.3, -0.25) is 9.59 Å². The van der Waals surface area contributed by atoms with Gasteiger partial charge in [-0.1, -0.05) is 217 Å². The topological polar surface area (TPSA) is 61.8 Å². The van der Waals surface area contributed by atoms with Crippen molar-refractivity contribution in [2.75, 3.05) is 19.8 Å². The van der Waals surface area contributed by atoms with E-state index in [0.29, 0.717) is 19.4 Å². The van der Waals surface area contributed by atoms with Crippen LogP contribution in [0.4, 0.5) is 0 Å². The average Bonchev–Trinajstić information content (AvgIpc) is 3.36. The van der Waals surface area contributed by atoms with E-state index in [0.717, 1.165) is 135 Å². The summed E-state index contributed by atoms with van der Waals surface area (Å²) in [5, 5.41) is 0. The maximum atomic E-state index is 12.8. The molecule has 0 heterocycles. The van der Waals surface area contributed by atoms with Crippen molar-refractivity contribution >= 4 is 11.9 Å². The molecule has 0 rings (SSSR count). The van der Waals surface area contributed by atoms with Gasteiger partial charge in [-0.05, 0) is 141 Å². The Hall–Kier alpha value is -4.48. The zero-order chi connectivity index (χ0) is 50.6. The number of carbonyl (C=O) groups excluding carboxylic acids is 2. The fraction of sp³-hybridized carbons (Fsp3) is 0.569. The zero-order valence-corrected chi connectivity index (χ0v) is 45.0. The normalized spacial score (nSPS) is 13.5. The molecule has 0 aliphatic heterocycles. The van der Waals surface area contributed by atoms with Crippen molar-refractivity contribution in [2.24, 2.45) is 0 Å². The Morgan fingerprint density at radius 3 is 1.06 bits per heavy atom. The lowest BCUT2D eigenvalue weighted by Crippen LogP contribution is -2.30. The summed E-state index contributed by atoms with van der Waals surface area (Å²) in [6.45, 7) is 7.35. The van der Waals surface area contributed by atoms with Crippen LogP contribution in [0.2, 0.25) is 0 Å². The van der Waals surface area contributed by atoms with E-state index in [2.05, 4.69) is 179 Å². The largest absolute Gasteiger partial charge is 0.462 e. The van der Waals surface area contributed by atoms with Crippen molar-refractivity contribution in [3.8, 4) is 0 Å². The number of hydrogen-bond acceptors (Lipinski definition) is 5. The van der Waals surface area contributed by atoms with Crippen LogP contribution in [-0.2, 0) is 23.8 Å². The van der Waals surface area contributed by atoms with Gasteiger partial charge in [-0.15, -0.1) is 0 Å². The molecule has 0 aromatic heterocycles. The summed E-state index contributed by atoms with van der Waals surface area (Å²) in [5.41, 5.74) is 0. The molecule has 5 nitrogen and oxygen atoms in total. The third-order valence-corrected chi connectivity index (χ3v) is 11.0. The summed E-state index contributed by atoms with van der Waals surface area (Å²) in [7, 11) is 0. The molecule has 0 amide bonds. The first-order valence-corrected chi connectivity index (χ1v) is 28.0. The van der Waals surface area contributed by atoms with Gasteiger partial charge in [0.1, 0.15) is 6.61 Å². The number of ether oxygens (including phenoxy) is 3. The van der Waals surface area contributed by atoms with Crippen molar-refractivity contribution in [2.45, 2.75) is 219 Å². The first-order valence-electron chi connectivity index (χ1n) is 28.0. The molecule has 0 aliphatic rings. The van der Waals surface area contributed by atoms with E-state index in [1.54, 1.807) is 0 Å². The molecule has 1 unspecified atom stereocenters. The Kier molecular flexibility index (Phi) is 55.1. The quantitative estimate of drug-likeness (QED) is 0.0345. The molecule has 0 aromatic carbocycles. The van der Waals surface area contributed by atoms with Crippen LogP contribution in [0, 0.1) is 0 Å². The highest BCUT2D eigenvalue weighted by Crippen LogP contribution is 2.12. The van der Waals surface area contributed by atoms with Crippen LogP contribution in [-0.4, -0.2) is 37.9 Å². The van der Waals surface area contributed by atoms with Gasteiger partial charge >= 0.3 is 11.9 Å². The lowest BCUT2D eigenvalue weighted by molar-refractivity contribution is -0.163. The molecule has 5 heteroatoms. The number of esters is 2. The minimum atomic E-state index is -0.607.